The summed E-state index contributed by atoms with van der Waals surface area (Å²) in [6, 6.07) is 1.80. The Hall–Kier alpha value is -1.86. The van der Waals surface area contributed by atoms with Crippen molar-refractivity contribution in [3.63, 3.8) is 0 Å². The zero-order valence-electron chi connectivity index (χ0n) is 17.9. The number of fused-ring (bicyclic) bond motifs is 1. The average molecular weight is 416 g/mol. The molecule has 4 aliphatic rings. The number of carbonyl (C=O) groups is 2. The number of amides is 2. The third kappa shape index (κ3) is 3.56. The van der Waals surface area contributed by atoms with Crippen LogP contribution in [0.2, 0.25) is 0 Å². The van der Waals surface area contributed by atoms with Gasteiger partial charge < -0.3 is 19.4 Å². The number of rotatable bonds is 5. The topological polar surface area (TPSA) is 75.0 Å². The van der Waals surface area contributed by atoms with Crippen LogP contribution >= 0.6 is 0 Å². The Morgan fingerprint density at radius 1 is 1.23 bits per heavy atom. The third-order valence-electron chi connectivity index (χ3n) is 7.76. The average Bonchev–Trinajstić information content (AvgIpc) is 3.45. The van der Waals surface area contributed by atoms with E-state index >= 15 is 0 Å². The Morgan fingerprint density at radius 2 is 2.03 bits per heavy atom. The highest BCUT2D eigenvalue weighted by atomic mass is 16.5. The number of carbonyl (C=O) groups excluding carboxylic acids is 2. The van der Waals surface area contributed by atoms with Crippen molar-refractivity contribution in [3.05, 3.63) is 23.7 Å². The minimum Gasteiger partial charge on any atom is -0.459 e. The van der Waals surface area contributed by atoms with Gasteiger partial charge in [-0.2, -0.15) is 0 Å². The van der Waals surface area contributed by atoms with Gasteiger partial charge in [-0.15, -0.1) is 0 Å². The van der Waals surface area contributed by atoms with E-state index in [0.717, 1.165) is 38.0 Å². The van der Waals surface area contributed by atoms with E-state index in [9.17, 15) is 9.59 Å². The number of likely N-dealkylation sites (tertiary alicyclic amines) is 2. The van der Waals surface area contributed by atoms with Crippen LogP contribution in [0, 0.1) is 18.8 Å². The number of aryl methyl sites for hydroxylation is 1. The minimum absolute atomic E-state index is 0.165. The number of ether oxygens (including phenoxy) is 1. The Kier molecular flexibility index (Phi) is 5.35. The first-order valence-electron chi connectivity index (χ1n) is 11.6. The summed E-state index contributed by atoms with van der Waals surface area (Å²) in [7, 11) is 0. The molecule has 1 N–H and O–H groups in total. The van der Waals surface area contributed by atoms with Crippen LogP contribution in [0.15, 0.2) is 16.7 Å². The van der Waals surface area contributed by atoms with E-state index < -0.39 is 0 Å². The van der Waals surface area contributed by atoms with Crippen LogP contribution in [-0.4, -0.2) is 72.6 Å². The van der Waals surface area contributed by atoms with Gasteiger partial charge >= 0.3 is 0 Å². The Balaban J connectivity index is 1.20. The van der Waals surface area contributed by atoms with E-state index in [-0.39, 0.29) is 29.4 Å². The minimum atomic E-state index is -0.199. The second kappa shape index (κ2) is 8.00. The quantitative estimate of drug-likeness (QED) is 0.798. The fourth-order valence-corrected chi connectivity index (χ4v) is 6.14. The van der Waals surface area contributed by atoms with Gasteiger partial charge in [0, 0.05) is 30.5 Å². The molecular weight excluding hydrogens is 382 g/mol. The van der Waals surface area contributed by atoms with Crippen molar-refractivity contribution in [2.24, 2.45) is 11.8 Å². The van der Waals surface area contributed by atoms with Gasteiger partial charge in [0.25, 0.3) is 5.91 Å². The zero-order chi connectivity index (χ0) is 20.7. The molecule has 0 saturated carbocycles. The van der Waals surface area contributed by atoms with Gasteiger partial charge in [-0.1, -0.05) is 12.8 Å². The molecule has 1 spiro atoms. The van der Waals surface area contributed by atoms with Crippen molar-refractivity contribution < 1.29 is 18.7 Å². The van der Waals surface area contributed by atoms with Gasteiger partial charge in [-0.25, -0.2) is 0 Å². The predicted octanol–water partition coefficient (Wildman–Crippen LogP) is 2.20. The summed E-state index contributed by atoms with van der Waals surface area (Å²) in [4.78, 5) is 29.9. The van der Waals surface area contributed by atoms with Crippen molar-refractivity contribution >= 4 is 11.8 Å². The molecule has 0 aliphatic carbocycles. The second-order valence-corrected chi connectivity index (χ2v) is 9.64. The highest BCUT2D eigenvalue weighted by Crippen LogP contribution is 2.54. The summed E-state index contributed by atoms with van der Waals surface area (Å²) in [5, 5.41) is 3.05. The molecule has 0 unspecified atom stereocenters. The lowest BCUT2D eigenvalue weighted by molar-refractivity contribution is -0.133. The number of hydrogen-bond acceptors (Lipinski definition) is 5. The normalized spacial score (nSPS) is 33.5. The number of hydrogen-bond donors (Lipinski definition) is 1. The van der Waals surface area contributed by atoms with Crippen LogP contribution < -0.4 is 5.32 Å². The predicted molar refractivity (Wildman–Crippen MR) is 111 cm³/mol. The fraction of sp³-hybridized carbons (Fsp3) is 0.739. The molecule has 1 aromatic rings. The Morgan fingerprint density at radius 3 is 2.77 bits per heavy atom. The number of furan rings is 1. The maximum Gasteiger partial charge on any atom is 0.287 e. The lowest BCUT2D eigenvalue weighted by Crippen LogP contribution is -2.42. The van der Waals surface area contributed by atoms with E-state index in [4.69, 9.17) is 9.15 Å². The fourth-order valence-electron chi connectivity index (χ4n) is 6.14. The summed E-state index contributed by atoms with van der Waals surface area (Å²) in [6.45, 7) is 6.52. The van der Waals surface area contributed by atoms with Crippen molar-refractivity contribution in [3.8, 4) is 0 Å². The zero-order valence-corrected chi connectivity index (χ0v) is 17.9. The molecule has 7 nitrogen and oxygen atoms in total. The van der Waals surface area contributed by atoms with E-state index in [1.807, 2.05) is 11.8 Å². The Labute approximate surface area is 178 Å². The van der Waals surface area contributed by atoms with Crippen molar-refractivity contribution in [1.82, 2.24) is 15.1 Å². The molecule has 0 aromatic carbocycles. The lowest BCUT2D eigenvalue weighted by atomic mass is 9.73. The van der Waals surface area contributed by atoms with Crippen LogP contribution in [0.25, 0.3) is 0 Å². The highest BCUT2D eigenvalue weighted by molar-refractivity contribution is 5.92. The number of nitrogens with one attached hydrogen (secondary N) is 1. The molecule has 2 amide bonds. The first-order chi connectivity index (χ1) is 14.6. The van der Waals surface area contributed by atoms with Gasteiger partial charge in [0.2, 0.25) is 5.91 Å². The molecule has 4 saturated heterocycles. The molecular formula is C23H33N3O4. The van der Waals surface area contributed by atoms with Crippen LogP contribution in [0.3, 0.4) is 0 Å². The molecule has 30 heavy (non-hydrogen) atoms. The lowest BCUT2D eigenvalue weighted by Gasteiger charge is -2.29. The van der Waals surface area contributed by atoms with Gasteiger partial charge in [0.1, 0.15) is 0 Å². The van der Waals surface area contributed by atoms with E-state index in [2.05, 4.69) is 10.2 Å². The summed E-state index contributed by atoms with van der Waals surface area (Å²) >= 11 is 0. The molecule has 4 atom stereocenters. The van der Waals surface area contributed by atoms with Crippen LogP contribution in [0.4, 0.5) is 0 Å². The van der Waals surface area contributed by atoms with Gasteiger partial charge in [0.15, 0.2) is 5.76 Å². The van der Waals surface area contributed by atoms with Crippen LogP contribution in [0.1, 0.15) is 54.6 Å². The molecule has 5 rings (SSSR count). The van der Waals surface area contributed by atoms with E-state index in [0.29, 0.717) is 31.3 Å². The smallest absolute Gasteiger partial charge is 0.287 e. The summed E-state index contributed by atoms with van der Waals surface area (Å²) in [6.07, 6.45) is 8.73. The molecule has 164 valence electrons. The molecule has 4 aliphatic heterocycles. The first kappa shape index (κ1) is 20.1. The highest BCUT2D eigenvalue weighted by Gasteiger charge is 2.63. The van der Waals surface area contributed by atoms with E-state index in [1.165, 1.54) is 25.7 Å². The summed E-state index contributed by atoms with van der Waals surface area (Å²) in [5.41, 5.74) is 0.647. The monoisotopic (exact) mass is 415 g/mol. The number of nitrogens with zero attached hydrogens (tertiary/aromatic N) is 2. The van der Waals surface area contributed by atoms with Crippen LogP contribution in [0.5, 0.6) is 0 Å². The van der Waals surface area contributed by atoms with Gasteiger partial charge in [-0.05, 0) is 51.8 Å². The molecule has 7 heteroatoms. The van der Waals surface area contributed by atoms with Crippen molar-refractivity contribution in [1.29, 1.82) is 0 Å². The van der Waals surface area contributed by atoms with Crippen molar-refractivity contribution in [2.45, 2.75) is 57.2 Å². The van der Waals surface area contributed by atoms with Crippen molar-refractivity contribution in [2.75, 3.05) is 39.3 Å². The largest absolute Gasteiger partial charge is 0.459 e. The van der Waals surface area contributed by atoms with Gasteiger partial charge in [0.05, 0.1) is 31.1 Å². The Bertz CT molecular complexity index is 800. The molecule has 1 aromatic heterocycles. The van der Waals surface area contributed by atoms with Gasteiger partial charge in [-0.3, -0.25) is 14.5 Å². The van der Waals surface area contributed by atoms with E-state index in [1.54, 1.807) is 12.3 Å². The maximum absolute atomic E-state index is 13.0. The molecule has 4 fully saturated rings. The SMILES string of the molecule is Cc1ccoc1C(=O)NC[C@H]1[C@H]2CN(C(=O)CN3CCCCCC3)C[C@]23CC[C@H]1O3. The molecule has 0 radical (unpaired) electrons. The maximum atomic E-state index is 13.0. The molecule has 5 heterocycles. The first-order valence-corrected chi connectivity index (χ1v) is 11.6. The van der Waals surface area contributed by atoms with Crippen LogP contribution in [-0.2, 0) is 9.53 Å². The second-order valence-electron chi connectivity index (χ2n) is 9.64. The summed E-state index contributed by atoms with van der Waals surface area (Å²) in [5.74, 6) is 1.02. The molecule has 2 bridgehead atoms. The summed E-state index contributed by atoms with van der Waals surface area (Å²) < 4.78 is 11.8. The third-order valence-corrected chi connectivity index (χ3v) is 7.76. The standard InChI is InChI=1S/C23H33N3O4/c1-16-7-11-29-21(16)22(28)24-12-17-18-13-26(15-23(18)8-6-19(17)30-23)20(27)14-25-9-4-2-3-5-10-25/h7,11,17-19H,2-6,8-10,12-15H2,1H3,(H,24,28)/t17-,18+,19+,23+/m0/s1.